The van der Waals surface area contributed by atoms with Gasteiger partial charge in [-0.2, -0.15) is 0 Å². The predicted molar refractivity (Wildman–Crippen MR) is 78.6 cm³/mol. The number of nitrogens with zero attached hydrogens (tertiary/aromatic N) is 3. The summed E-state index contributed by atoms with van der Waals surface area (Å²) in [6.45, 7) is 0. The summed E-state index contributed by atoms with van der Waals surface area (Å²) < 4.78 is 27.5. The van der Waals surface area contributed by atoms with E-state index in [0.717, 1.165) is 12.1 Å². The number of rotatable bonds is 2. The third-order valence-corrected chi connectivity index (χ3v) is 2.79. The fourth-order valence-electron chi connectivity index (χ4n) is 1.71. The molecule has 0 aliphatic carbocycles. The molecule has 0 aliphatic rings. The van der Waals surface area contributed by atoms with Crippen LogP contribution >= 0.6 is 0 Å². The van der Waals surface area contributed by atoms with Gasteiger partial charge in [-0.1, -0.05) is 17.7 Å². The first-order chi connectivity index (χ1) is 11.0. The Balaban J connectivity index is 0.000000252. The van der Waals surface area contributed by atoms with Crippen LogP contribution in [0.15, 0.2) is 48.9 Å². The third-order valence-electron chi connectivity index (χ3n) is 2.79. The number of benzene rings is 1. The smallest absolute Gasteiger partial charge is 0.354 e. The summed E-state index contributed by atoms with van der Waals surface area (Å²) in [6, 6.07) is 9.18. The molecule has 2 aromatic heterocycles. The normalized spacial score (nSPS) is 9.46. The first-order valence-electron chi connectivity index (χ1n) is 6.48. The van der Waals surface area contributed by atoms with Crippen molar-refractivity contribution >= 4 is 5.97 Å². The van der Waals surface area contributed by atoms with Gasteiger partial charge in [0, 0.05) is 57.4 Å². The zero-order valence-corrected chi connectivity index (χ0v) is 14.8. The quantitative estimate of drug-likeness (QED) is 0.541. The number of carboxylic acid groups (broad SMARTS) is 1. The van der Waals surface area contributed by atoms with Crippen molar-refractivity contribution in [3.8, 4) is 11.4 Å². The number of aromatic nitrogens is 3. The molecule has 1 radical (unpaired) electrons. The van der Waals surface area contributed by atoms with E-state index in [9.17, 15) is 13.6 Å². The molecule has 0 saturated carbocycles. The average molecular weight is 509 g/mol. The van der Waals surface area contributed by atoms with Gasteiger partial charge in [-0.3, -0.25) is 13.8 Å². The largest absolute Gasteiger partial charge is 0.477 e. The summed E-state index contributed by atoms with van der Waals surface area (Å²) in [5.41, 5.74) is 0.261. The Hall–Kier alpha value is -2.44. The maximum atomic E-state index is 13.3. The van der Waals surface area contributed by atoms with Gasteiger partial charge in [-0.15, -0.1) is 12.1 Å². The molecule has 24 heavy (non-hydrogen) atoms. The maximum absolute atomic E-state index is 13.3. The van der Waals surface area contributed by atoms with Crippen LogP contribution in [-0.2, 0) is 27.2 Å². The van der Waals surface area contributed by atoms with Crippen molar-refractivity contribution < 1.29 is 38.8 Å². The molecule has 127 valence electrons. The molecule has 0 amide bonds. The van der Waals surface area contributed by atoms with Gasteiger partial charge in [0.15, 0.2) is 0 Å². The predicted octanol–water partition coefficient (Wildman–Crippen LogP) is 2.94. The molecule has 0 atom stereocenters. The second kappa shape index (κ2) is 9.00. The van der Waals surface area contributed by atoms with E-state index in [1.54, 1.807) is 36.1 Å². The first kappa shape index (κ1) is 19.6. The molecule has 8 heteroatoms. The minimum absolute atomic E-state index is 0. The van der Waals surface area contributed by atoms with E-state index < -0.39 is 17.6 Å². The third kappa shape index (κ3) is 5.04. The molecule has 5 nitrogen and oxygen atoms in total. The van der Waals surface area contributed by atoms with Crippen molar-refractivity contribution in [3.63, 3.8) is 0 Å². The van der Waals surface area contributed by atoms with E-state index in [2.05, 4.69) is 16.0 Å². The number of imidazole rings is 1. The van der Waals surface area contributed by atoms with Crippen LogP contribution in [0.5, 0.6) is 0 Å². The van der Waals surface area contributed by atoms with Gasteiger partial charge in [0.25, 0.3) is 0 Å². The van der Waals surface area contributed by atoms with Gasteiger partial charge in [0.05, 0.1) is 5.82 Å². The number of hydrogen-bond donors (Lipinski definition) is 1. The van der Waals surface area contributed by atoms with Gasteiger partial charge < -0.3 is 9.67 Å². The second-order valence-corrected chi connectivity index (χ2v) is 4.42. The second-order valence-electron chi connectivity index (χ2n) is 4.42. The van der Waals surface area contributed by atoms with E-state index in [-0.39, 0.29) is 31.4 Å². The number of carboxylic acids is 1. The molecule has 1 N–H and O–H groups in total. The number of aromatic carboxylic acids is 1. The average Bonchev–Trinajstić information content (AvgIpc) is 2.95. The Morgan fingerprint density at radius 1 is 1.25 bits per heavy atom. The van der Waals surface area contributed by atoms with Crippen LogP contribution in [-0.4, -0.2) is 25.6 Å². The molecule has 3 rings (SSSR count). The van der Waals surface area contributed by atoms with Crippen LogP contribution < -0.4 is 0 Å². The van der Waals surface area contributed by atoms with Crippen LogP contribution in [0.2, 0.25) is 0 Å². The van der Waals surface area contributed by atoms with E-state index in [4.69, 9.17) is 5.11 Å². The Morgan fingerprint density at radius 2 is 2.00 bits per heavy atom. The molecule has 0 unspecified atom stereocenters. The fourth-order valence-corrected chi connectivity index (χ4v) is 1.71. The topological polar surface area (TPSA) is 68.0 Å². The molecule has 0 spiro atoms. The van der Waals surface area contributed by atoms with Crippen molar-refractivity contribution in [2.24, 2.45) is 7.05 Å². The van der Waals surface area contributed by atoms with E-state index >= 15 is 0 Å². The molecular formula is C16H12F2IrN3O2-. The molecule has 2 heterocycles. The minimum Gasteiger partial charge on any atom is -0.477 e. The van der Waals surface area contributed by atoms with Crippen LogP contribution in [0.1, 0.15) is 10.5 Å². The fraction of sp³-hybridized carbons (Fsp3) is 0.0625. The SMILES string of the molecule is Cn1ccnc1-c1[c-]cc(F)cc1F.O=C(O)c1ccccn1.[Ir]. The summed E-state index contributed by atoms with van der Waals surface area (Å²) in [4.78, 5) is 17.7. The maximum Gasteiger partial charge on any atom is 0.354 e. The van der Waals surface area contributed by atoms with Crippen LogP contribution in [0.25, 0.3) is 11.4 Å². The molecule has 0 saturated heterocycles. The van der Waals surface area contributed by atoms with Gasteiger partial charge in [-0.05, 0) is 12.1 Å². The molecule has 1 aromatic carbocycles. The molecule has 0 fully saturated rings. The van der Waals surface area contributed by atoms with Gasteiger partial charge in [0.1, 0.15) is 5.69 Å². The molecular weight excluding hydrogens is 496 g/mol. The summed E-state index contributed by atoms with van der Waals surface area (Å²) in [5.74, 6) is -1.85. The monoisotopic (exact) mass is 509 g/mol. The van der Waals surface area contributed by atoms with E-state index in [1.165, 1.54) is 12.3 Å². The van der Waals surface area contributed by atoms with Gasteiger partial charge in [-0.25, -0.2) is 9.78 Å². The zero-order valence-electron chi connectivity index (χ0n) is 12.4. The van der Waals surface area contributed by atoms with Crippen LogP contribution in [0, 0.1) is 17.7 Å². The summed E-state index contributed by atoms with van der Waals surface area (Å²) in [7, 11) is 1.74. The Morgan fingerprint density at radius 3 is 2.46 bits per heavy atom. The first-order valence-corrected chi connectivity index (χ1v) is 6.48. The van der Waals surface area contributed by atoms with Crippen molar-refractivity contribution in [2.45, 2.75) is 0 Å². The number of pyridine rings is 1. The molecule has 0 aliphatic heterocycles. The molecule has 0 bridgehead atoms. The van der Waals surface area contributed by atoms with Crippen molar-refractivity contribution in [1.29, 1.82) is 0 Å². The van der Waals surface area contributed by atoms with Crippen molar-refractivity contribution in [1.82, 2.24) is 14.5 Å². The van der Waals surface area contributed by atoms with Crippen LogP contribution in [0.3, 0.4) is 0 Å². The van der Waals surface area contributed by atoms with Gasteiger partial charge in [0.2, 0.25) is 0 Å². The molecule has 3 aromatic rings. The van der Waals surface area contributed by atoms with E-state index in [1.807, 2.05) is 0 Å². The van der Waals surface area contributed by atoms with Crippen LogP contribution in [0.4, 0.5) is 8.78 Å². The Kier molecular flexibility index (Phi) is 7.35. The van der Waals surface area contributed by atoms with Gasteiger partial charge >= 0.3 is 5.97 Å². The number of halogens is 2. The number of hydrogen-bond acceptors (Lipinski definition) is 3. The minimum atomic E-state index is -0.990. The summed E-state index contributed by atoms with van der Waals surface area (Å²) in [6.07, 6.45) is 4.68. The summed E-state index contributed by atoms with van der Waals surface area (Å²) >= 11 is 0. The number of aryl methyl sites for hydroxylation is 1. The van der Waals surface area contributed by atoms with Crippen molar-refractivity contribution in [2.75, 3.05) is 0 Å². The van der Waals surface area contributed by atoms with Crippen molar-refractivity contribution in [3.05, 3.63) is 72.3 Å². The summed E-state index contributed by atoms with van der Waals surface area (Å²) in [5, 5.41) is 8.32. The Bertz CT molecular complexity index is 810. The number of carbonyl (C=O) groups is 1. The zero-order chi connectivity index (χ0) is 16.8. The standard InChI is InChI=1S/C10H7F2N2.C6H5NO2.Ir/c1-14-5-4-13-10(14)8-3-2-7(11)6-9(8)12;8-6(9)5-3-1-2-4-7-5;/h2,4-6H,1H3;1-4H,(H,8,9);/q-1;;. The van der Waals surface area contributed by atoms with E-state index in [0.29, 0.717) is 5.82 Å². The Labute approximate surface area is 150 Å².